The largest absolute Gasteiger partial charge is 0.381 e. The number of rotatable bonds is 4. The van der Waals surface area contributed by atoms with Gasteiger partial charge in [0.15, 0.2) is 0 Å². The predicted octanol–water partition coefficient (Wildman–Crippen LogP) is 3.47. The summed E-state index contributed by atoms with van der Waals surface area (Å²) < 4.78 is 33.7. The van der Waals surface area contributed by atoms with Crippen LogP contribution < -0.4 is 10.2 Å². The van der Waals surface area contributed by atoms with Crippen molar-refractivity contribution >= 4 is 17.6 Å². The second kappa shape index (κ2) is 6.77. The fourth-order valence-electron chi connectivity index (χ4n) is 3.93. The summed E-state index contributed by atoms with van der Waals surface area (Å²) in [6, 6.07) is 7.15. The highest BCUT2D eigenvalue weighted by molar-refractivity contribution is 5.56. The molecule has 0 saturated carbocycles. The zero-order valence-corrected chi connectivity index (χ0v) is 15.9. The number of pyridine rings is 1. The van der Waals surface area contributed by atoms with Gasteiger partial charge in [-0.25, -0.2) is 18.4 Å². The topological polar surface area (TPSA) is 68.1 Å². The monoisotopic (exact) mass is 400 g/mol. The molecule has 152 valence electrons. The van der Waals surface area contributed by atoms with E-state index in [4.69, 9.17) is 4.74 Å². The number of aromatic nitrogens is 4. The van der Waals surface area contributed by atoms with Crippen LogP contribution in [-0.4, -0.2) is 46.1 Å². The molecule has 0 aliphatic carbocycles. The molecular weight excluding hydrogens is 378 g/mol. The molecule has 2 aliphatic rings. The highest BCUT2D eigenvalue weighted by Gasteiger charge is 2.46. The van der Waals surface area contributed by atoms with Crippen molar-refractivity contribution < 1.29 is 14.9 Å². The number of nitrogens with zero attached hydrogens (tertiary/aromatic N) is 5. The second-order valence-electron chi connectivity index (χ2n) is 7.81. The Kier molecular flexibility index (Phi) is 4.20. The Morgan fingerprint density at radius 1 is 1.14 bits per heavy atom. The van der Waals surface area contributed by atoms with Crippen molar-refractivity contribution in [2.45, 2.75) is 13.3 Å². The maximum atomic E-state index is 13.4. The lowest BCUT2D eigenvalue weighted by atomic mass is 9.79. The molecule has 7 nitrogen and oxygen atoms in total. The van der Waals surface area contributed by atoms with Crippen molar-refractivity contribution in [3.63, 3.8) is 0 Å². The number of nitrogens with one attached hydrogen (secondary N) is 1. The highest BCUT2D eigenvalue weighted by atomic mass is 19.1. The molecule has 0 radical (unpaired) electrons. The molecule has 3 aromatic rings. The van der Waals surface area contributed by atoms with Crippen LogP contribution >= 0.6 is 0 Å². The molecule has 2 aliphatic heterocycles. The molecular formula is C20H22F2N6O. The fourth-order valence-corrected chi connectivity index (χ4v) is 3.93. The lowest BCUT2D eigenvalue weighted by Gasteiger charge is -2.48. The SMILES string of the molecule is Cc1cc(Nc2ncn(-c3cc(F)cc(F)c3)n2)nc(N2CC3(CCOC3)C2)c1.[HH]. The van der Waals surface area contributed by atoms with E-state index in [0.29, 0.717) is 11.8 Å². The minimum Gasteiger partial charge on any atom is -0.381 e. The predicted molar refractivity (Wildman–Crippen MR) is 106 cm³/mol. The number of hydrogen-bond donors (Lipinski definition) is 1. The summed E-state index contributed by atoms with van der Waals surface area (Å²) in [5.74, 6) is 0.469. The van der Waals surface area contributed by atoms with Gasteiger partial charge in [-0.3, -0.25) is 0 Å². The summed E-state index contributed by atoms with van der Waals surface area (Å²) in [4.78, 5) is 11.1. The molecule has 2 aromatic heterocycles. The van der Waals surface area contributed by atoms with Gasteiger partial charge in [-0.2, -0.15) is 4.98 Å². The quantitative estimate of drug-likeness (QED) is 0.723. The molecule has 2 fully saturated rings. The van der Waals surface area contributed by atoms with Gasteiger partial charge in [0, 0.05) is 32.6 Å². The van der Waals surface area contributed by atoms with Gasteiger partial charge in [-0.1, -0.05) is 0 Å². The summed E-state index contributed by atoms with van der Waals surface area (Å²) in [6.07, 6.45) is 2.50. The number of hydrogen-bond acceptors (Lipinski definition) is 6. The molecule has 0 amide bonds. The molecule has 5 rings (SSSR count). The van der Waals surface area contributed by atoms with E-state index in [1.165, 1.54) is 23.1 Å². The molecule has 1 aromatic carbocycles. The minimum atomic E-state index is -0.671. The van der Waals surface area contributed by atoms with E-state index in [0.717, 1.165) is 50.2 Å². The highest BCUT2D eigenvalue weighted by Crippen LogP contribution is 2.40. The van der Waals surface area contributed by atoms with E-state index in [1.54, 1.807) is 0 Å². The number of halogens is 2. The van der Waals surface area contributed by atoms with Crippen LogP contribution in [0.15, 0.2) is 36.7 Å². The van der Waals surface area contributed by atoms with Gasteiger partial charge in [0.25, 0.3) is 0 Å². The summed E-state index contributed by atoms with van der Waals surface area (Å²) in [5, 5.41) is 7.32. The zero-order chi connectivity index (χ0) is 20.0. The maximum Gasteiger partial charge on any atom is 0.248 e. The Balaban J connectivity index is 0.00000218. The summed E-state index contributed by atoms with van der Waals surface area (Å²) in [6.45, 7) is 5.56. The summed E-state index contributed by atoms with van der Waals surface area (Å²) >= 11 is 0. The average Bonchev–Trinajstić information content (AvgIpc) is 3.28. The van der Waals surface area contributed by atoms with E-state index < -0.39 is 11.6 Å². The Morgan fingerprint density at radius 3 is 2.66 bits per heavy atom. The summed E-state index contributed by atoms with van der Waals surface area (Å²) in [7, 11) is 0. The Morgan fingerprint density at radius 2 is 1.93 bits per heavy atom. The van der Waals surface area contributed by atoms with E-state index in [1.807, 2.05) is 13.0 Å². The van der Waals surface area contributed by atoms with Gasteiger partial charge in [-0.05, 0) is 43.2 Å². The van der Waals surface area contributed by atoms with E-state index in [-0.39, 0.29) is 12.5 Å². The third kappa shape index (κ3) is 3.53. The number of ether oxygens (including phenoxy) is 1. The first kappa shape index (κ1) is 18.0. The van der Waals surface area contributed by atoms with Crippen LogP contribution in [0.1, 0.15) is 13.4 Å². The first-order valence-electron chi connectivity index (χ1n) is 9.45. The first-order valence-corrected chi connectivity index (χ1v) is 9.45. The molecule has 0 atom stereocenters. The number of benzene rings is 1. The van der Waals surface area contributed by atoms with Gasteiger partial charge in [0.05, 0.1) is 12.3 Å². The zero-order valence-electron chi connectivity index (χ0n) is 15.9. The van der Waals surface area contributed by atoms with Crippen molar-refractivity contribution in [2.24, 2.45) is 5.41 Å². The third-order valence-corrected chi connectivity index (χ3v) is 5.36. The minimum absolute atomic E-state index is 0. The Labute approximate surface area is 167 Å². The molecule has 1 spiro atoms. The normalized spacial score (nSPS) is 17.6. The van der Waals surface area contributed by atoms with Crippen molar-refractivity contribution in [1.82, 2.24) is 19.7 Å². The van der Waals surface area contributed by atoms with Gasteiger partial charge in [-0.15, -0.1) is 5.10 Å². The van der Waals surface area contributed by atoms with Gasteiger partial charge in [0.2, 0.25) is 5.95 Å². The number of anilines is 3. The van der Waals surface area contributed by atoms with E-state index in [9.17, 15) is 8.78 Å². The molecule has 9 heteroatoms. The first-order chi connectivity index (χ1) is 14.0. The lowest BCUT2D eigenvalue weighted by molar-refractivity contribution is 0.131. The molecule has 0 unspecified atom stereocenters. The second-order valence-corrected chi connectivity index (χ2v) is 7.81. The van der Waals surface area contributed by atoms with Crippen molar-refractivity contribution in [3.8, 4) is 5.69 Å². The van der Waals surface area contributed by atoms with Gasteiger partial charge in [0.1, 0.15) is 29.6 Å². The van der Waals surface area contributed by atoms with Crippen LogP contribution in [0, 0.1) is 24.0 Å². The average molecular weight is 400 g/mol. The molecule has 2 saturated heterocycles. The van der Waals surface area contributed by atoms with E-state index >= 15 is 0 Å². The van der Waals surface area contributed by atoms with Crippen molar-refractivity contribution in [2.75, 3.05) is 36.5 Å². The van der Waals surface area contributed by atoms with Gasteiger partial charge < -0.3 is 15.0 Å². The summed E-state index contributed by atoms with van der Waals surface area (Å²) in [5.41, 5.74) is 1.60. The van der Waals surface area contributed by atoms with Crippen LogP contribution in [0.25, 0.3) is 5.69 Å². The molecule has 1 N–H and O–H groups in total. The standard InChI is InChI=1S/C20H20F2N6O.H2/c1-13-4-17(24-18(5-13)27-9-20(10-27)2-3-29-11-20)25-19-23-12-28(26-19)16-7-14(21)6-15(22)8-16;/h4-8,12H,2-3,9-11H2,1H3,(H,24,25,26);1H. The lowest BCUT2D eigenvalue weighted by Crippen LogP contribution is -2.57. The third-order valence-electron chi connectivity index (χ3n) is 5.36. The van der Waals surface area contributed by atoms with Crippen molar-refractivity contribution in [3.05, 3.63) is 53.9 Å². The van der Waals surface area contributed by atoms with E-state index in [2.05, 4.69) is 31.3 Å². The van der Waals surface area contributed by atoms with Crippen LogP contribution in [-0.2, 0) is 4.74 Å². The van der Waals surface area contributed by atoms with Crippen LogP contribution in [0.3, 0.4) is 0 Å². The molecule has 4 heterocycles. The fraction of sp³-hybridized carbons (Fsp3) is 0.350. The number of aryl methyl sites for hydroxylation is 1. The maximum absolute atomic E-state index is 13.4. The van der Waals surface area contributed by atoms with Crippen LogP contribution in [0.5, 0.6) is 0 Å². The Bertz CT molecular complexity index is 1040. The Hall–Kier alpha value is -3.07. The van der Waals surface area contributed by atoms with Crippen LogP contribution in [0.2, 0.25) is 0 Å². The molecule has 0 bridgehead atoms. The molecule has 29 heavy (non-hydrogen) atoms. The van der Waals surface area contributed by atoms with Gasteiger partial charge >= 0.3 is 0 Å². The van der Waals surface area contributed by atoms with Crippen LogP contribution in [0.4, 0.5) is 26.4 Å². The smallest absolute Gasteiger partial charge is 0.248 e. The van der Waals surface area contributed by atoms with Crippen molar-refractivity contribution in [1.29, 1.82) is 0 Å².